The first kappa shape index (κ1) is 39.6. The Balaban J connectivity index is 1.91. The Hall–Kier alpha value is -4.17. The molecule has 3 aromatic rings. The summed E-state index contributed by atoms with van der Waals surface area (Å²) in [5, 5.41) is 5.00. The van der Waals surface area contributed by atoms with Crippen LogP contribution < -0.4 is 20.5 Å². The van der Waals surface area contributed by atoms with Gasteiger partial charge in [-0.1, -0.05) is 6.92 Å². The third-order valence-corrected chi connectivity index (χ3v) is 8.90. The number of ether oxygens (including phenoxy) is 2. The van der Waals surface area contributed by atoms with Crippen molar-refractivity contribution in [2.75, 3.05) is 23.9 Å². The number of amides is 1. The Labute approximate surface area is 286 Å². The van der Waals surface area contributed by atoms with Crippen LogP contribution in [0.5, 0.6) is 5.75 Å². The van der Waals surface area contributed by atoms with Gasteiger partial charge in [-0.2, -0.15) is 39.5 Å². The molecular weight excluding hydrogens is 725 g/mol. The van der Waals surface area contributed by atoms with Gasteiger partial charge in [0.05, 0.1) is 53.2 Å². The number of alkyl halides is 9. The summed E-state index contributed by atoms with van der Waals surface area (Å²) in [4.78, 5) is 22.7. The summed E-state index contributed by atoms with van der Waals surface area (Å²) in [6.45, 7) is 2.68. The number of carbonyl (C=O) groups is 1. The number of hydrogen-bond acceptors (Lipinski definition) is 8. The van der Waals surface area contributed by atoms with Gasteiger partial charge in [0.25, 0.3) is 0 Å². The number of nitrogens with zero attached hydrogens (tertiary/aromatic N) is 3. The molecule has 0 saturated carbocycles. The molecule has 2 heterocycles. The smallest absolute Gasteiger partial charge is 0.416 e. The molecule has 1 aliphatic rings. The topological polar surface area (TPSA) is 151 Å². The maximum Gasteiger partial charge on any atom is 0.416 e. The third kappa shape index (κ3) is 9.39. The number of carbonyl (C=O) groups excluding carboxylic acids is 1. The van der Waals surface area contributed by atoms with Crippen LogP contribution in [0.1, 0.15) is 78.4 Å². The molecule has 51 heavy (non-hydrogen) atoms. The lowest BCUT2D eigenvalue weighted by molar-refractivity contribution is -0.143. The quantitative estimate of drug-likeness (QED) is 0.171. The maximum atomic E-state index is 13.9. The minimum absolute atomic E-state index is 0.0470. The molecule has 0 aliphatic carbocycles. The Kier molecular flexibility index (Phi) is 11.2. The molecular formula is C31H32F9N5O5S. The van der Waals surface area contributed by atoms with Crippen molar-refractivity contribution in [1.29, 1.82) is 0 Å². The van der Waals surface area contributed by atoms with Crippen LogP contribution >= 0.6 is 0 Å². The molecule has 0 unspecified atom stereocenters. The predicted octanol–water partition coefficient (Wildman–Crippen LogP) is 6.74. The largest absolute Gasteiger partial charge is 0.490 e. The molecule has 1 aromatic heterocycles. The number of halogens is 9. The second-order valence-electron chi connectivity index (χ2n) is 11.7. The molecule has 0 bridgehead atoms. The van der Waals surface area contributed by atoms with E-state index in [1.165, 1.54) is 6.92 Å². The van der Waals surface area contributed by atoms with Gasteiger partial charge in [0.1, 0.15) is 11.5 Å². The first-order valence-electron chi connectivity index (χ1n) is 15.2. The fourth-order valence-electron chi connectivity index (χ4n) is 5.60. The summed E-state index contributed by atoms with van der Waals surface area (Å²) in [5.41, 5.74) is -0.179. The van der Waals surface area contributed by atoms with E-state index in [1.807, 2.05) is 0 Å². The first-order chi connectivity index (χ1) is 23.5. The first-order valence-corrected chi connectivity index (χ1v) is 16.9. The van der Waals surface area contributed by atoms with Gasteiger partial charge in [-0.3, -0.25) is 4.90 Å². The molecule has 0 saturated heterocycles. The van der Waals surface area contributed by atoms with E-state index in [4.69, 9.17) is 20.3 Å². The van der Waals surface area contributed by atoms with Crippen molar-refractivity contribution in [3.63, 3.8) is 0 Å². The number of benzene rings is 2. The summed E-state index contributed by atoms with van der Waals surface area (Å²) in [6, 6.07) is 3.44. The molecule has 4 N–H and O–H groups in total. The second kappa shape index (κ2) is 14.5. The molecule has 4 rings (SSSR count). The standard InChI is InChI=1S/C31H32F9N5O5S/c1-3-28(41)15-22(21-14-18(29(32,33)34)6-7-24(21)45(28)27(46)49-4-2)26-43-16-25(50-8-5-9-51(42,47)48)23(44-26)12-17-10-19(30(35,36)37)13-20(11-17)31(38,39)40/h6-7,10-11,13-14,16,22H,3-5,8-9,12,15,41H2,1-2H3,(H2,42,47,48)/t22-,28+/m0/s1. The number of primary sulfonamides is 1. The fourth-order valence-corrected chi connectivity index (χ4v) is 6.12. The molecule has 0 radical (unpaired) electrons. The number of rotatable bonds is 10. The highest BCUT2D eigenvalue weighted by molar-refractivity contribution is 7.89. The van der Waals surface area contributed by atoms with Gasteiger partial charge in [0.2, 0.25) is 10.0 Å². The lowest BCUT2D eigenvalue weighted by Gasteiger charge is -2.46. The molecule has 2 atom stereocenters. The third-order valence-electron chi connectivity index (χ3n) is 8.05. The molecule has 1 aliphatic heterocycles. The van der Waals surface area contributed by atoms with Crippen LogP contribution in [-0.4, -0.2) is 49.1 Å². The van der Waals surface area contributed by atoms with E-state index in [-0.39, 0.29) is 67.1 Å². The van der Waals surface area contributed by atoms with Crippen molar-refractivity contribution in [3.05, 3.63) is 81.9 Å². The fraction of sp³-hybridized carbons (Fsp3) is 0.452. The molecule has 0 fully saturated rings. The second-order valence-corrected chi connectivity index (χ2v) is 13.5. The van der Waals surface area contributed by atoms with Crippen molar-refractivity contribution in [3.8, 4) is 5.75 Å². The van der Waals surface area contributed by atoms with E-state index in [0.717, 1.165) is 29.3 Å². The summed E-state index contributed by atoms with van der Waals surface area (Å²) < 4.78 is 157. The number of hydrogen-bond donors (Lipinski definition) is 2. The van der Waals surface area contributed by atoms with Crippen LogP contribution in [0.25, 0.3) is 0 Å². The highest BCUT2D eigenvalue weighted by atomic mass is 32.2. The molecule has 20 heteroatoms. The number of anilines is 1. The van der Waals surface area contributed by atoms with Crippen LogP contribution in [0.2, 0.25) is 0 Å². The van der Waals surface area contributed by atoms with Gasteiger partial charge in [-0.25, -0.2) is 28.3 Å². The van der Waals surface area contributed by atoms with Crippen molar-refractivity contribution in [1.82, 2.24) is 9.97 Å². The van der Waals surface area contributed by atoms with Crippen molar-refractivity contribution in [2.24, 2.45) is 10.9 Å². The summed E-state index contributed by atoms with van der Waals surface area (Å²) in [6.07, 6.45) is -16.2. The van der Waals surface area contributed by atoms with Gasteiger partial charge >= 0.3 is 24.6 Å². The van der Waals surface area contributed by atoms with Crippen molar-refractivity contribution in [2.45, 2.75) is 69.6 Å². The van der Waals surface area contributed by atoms with Gasteiger partial charge in [-0.05, 0) is 73.7 Å². The SMILES string of the molecule is CCOC(=O)N1c2ccc(C(F)(F)F)cc2[C@@H](c2ncc(OCCCS(N)(=O)=O)c(Cc3cc(C(F)(F)F)cc(C(F)(F)F)c3)n2)C[C@@]1(N)CC. The Bertz CT molecular complexity index is 1840. The van der Waals surface area contributed by atoms with Gasteiger partial charge < -0.3 is 15.2 Å². The predicted molar refractivity (Wildman–Crippen MR) is 164 cm³/mol. The van der Waals surface area contributed by atoms with Crippen LogP contribution in [-0.2, 0) is 39.7 Å². The normalized spacial score (nSPS) is 18.4. The zero-order valence-corrected chi connectivity index (χ0v) is 27.7. The summed E-state index contributed by atoms with van der Waals surface area (Å²) in [7, 11) is -3.92. The van der Waals surface area contributed by atoms with E-state index in [2.05, 4.69) is 9.97 Å². The van der Waals surface area contributed by atoms with Crippen molar-refractivity contribution >= 4 is 21.8 Å². The lowest BCUT2D eigenvalue weighted by Crippen LogP contribution is -2.61. The monoisotopic (exact) mass is 757 g/mol. The van der Waals surface area contributed by atoms with E-state index >= 15 is 0 Å². The average Bonchev–Trinajstić information content (AvgIpc) is 3.01. The Morgan fingerprint density at radius 2 is 1.57 bits per heavy atom. The zero-order valence-electron chi connectivity index (χ0n) is 26.9. The Morgan fingerprint density at radius 3 is 2.10 bits per heavy atom. The van der Waals surface area contributed by atoms with Gasteiger partial charge in [0.15, 0.2) is 5.75 Å². The van der Waals surface area contributed by atoms with Crippen LogP contribution in [0.4, 0.5) is 50.0 Å². The Morgan fingerprint density at radius 1 is 0.961 bits per heavy atom. The highest BCUT2D eigenvalue weighted by Gasteiger charge is 2.47. The molecule has 1 amide bonds. The molecule has 10 nitrogen and oxygen atoms in total. The number of sulfonamides is 1. The van der Waals surface area contributed by atoms with Crippen molar-refractivity contribution < 1.29 is 62.2 Å². The average molecular weight is 758 g/mol. The lowest BCUT2D eigenvalue weighted by atomic mass is 9.80. The van der Waals surface area contributed by atoms with E-state index in [1.54, 1.807) is 6.92 Å². The van der Waals surface area contributed by atoms with Crippen LogP contribution in [0.15, 0.2) is 42.6 Å². The zero-order chi connectivity index (χ0) is 38.2. The summed E-state index contributed by atoms with van der Waals surface area (Å²) >= 11 is 0. The van der Waals surface area contributed by atoms with E-state index in [9.17, 15) is 52.7 Å². The van der Waals surface area contributed by atoms with E-state index in [0.29, 0.717) is 12.1 Å². The van der Waals surface area contributed by atoms with E-state index < -0.39 is 80.7 Å². The minimum atomic E-state index is -5.17. The minimum Gasteiger partial charge on any atom is -0.490 e. The summed E-state index contributed by atoms with van der Waals surface area (Å²) in [5.74, 6) is -2.23. The van der Waals surface area contributed by atoms with Crippen LogP contribution in [0, 0.1) is 0 Å². The molecule has 2 aromatic carbocycles. The number of nitrogens with two attached hydrogens (primary N) is 2. The molecule has 280 valence electrons. The highest BCUT2D eigenvalue weighted by Crippen LogP contribution is 2.47. The van der Waals surface area contributed by atoms with Crippen LogP contribution in [0.3, 0.4) is 0 Å². The molecule has 0 spiro atoms. The van der Waals surface area contributed by atoms with Gasteiger partial charge in [-0.15, -0.1) is 0 Å². The maximum absolute atomic E-state index is 13.9. The van der Waals surface area contributed by atoms with Gasteiger partial charge in [0, 0.05) is 12.3 Å². The number of fused-ring (bicyclic) bond motifs is 1. The number of aromatic nitrogens is 2.